The fourth-order valence-electron chi connectivity index (χ4n) is 2.33. The van der Waals surface area contributed by atoms with Crippen LogP contribution >= 0.6 is 11.6 Å². The number of hydrogen-bond acceptors (Lipinski definition) is 3. The first-order chi connectivity index (χ1) is 9.56. The van der Waals surface area contributed by atoms with E-state index in [0.717, 1.165) is 38.6 Å². The predicted molar refractivity (Wildman–Crippen MR) is 81.0 cm³/mol. The molecule has 2 heterocycles. The van der Waals surface area contributed by atoms with Crippen LogP contribution in [0.2, 0.25) is 5.15 Å². The summed E-state index contributed by atoms with van der Waals surface area (Å²) in [5.74, 6) is 0.784. The predicted octanol–water partition coefficient (Wildman–Crippen LogP) is 2.54. The SMILES string of the molecule is CC(C)CCN1CCN(C(=O)c2ccnc(Cl)c2)CC1. The zero-order valence-electron chi connectivity index (χ0n) is 12.2. The number of aromatic nitrogens is 1. The van der Waals surface area contributed by atoms with E-state index in [2.05, 4.69) is 23.7 Å². The highest BCUT2D eigenvalue weighted by molar-refractivity contribution is 6.29. The largest absolute Gasteiger partial charge is 0.336 e. The van der Waals surface area contributed by atoms with E-state index >= 15 is 0 Å². The second kappa shape index (κ2) is 7.04. The van der Waals surface area contributed by atoms with Crippen molar-refractivity contribution in [3.8, 4) is 0 Å². The van der Waals surface area contributed by atoms with Gasteiger partial charge in [0.25, 0.3) is 5.91 Å². The molecule has 0 N–H and O–H groups in total. The normalized spacial score (nSPS) is 16.7. The lowest BCUT2D eigenvalue weighted by Crippen LogP contribution is -2.49. The first-order valence-corrected chi connectivity index (χ1v) is 7.57. The fraction of sp³-hybridized carbons (Fsp3) is 0.600. The molecule has 1 aromatic rings. The van der Waals surface area contributed by atoms with Gasteiger partial charge >= 0.3 is 0 Å². The number of halogens is 1. The Kier molecular flexibility index (Phi) is 5.38. The second-order valence-corrected chi connectivity index (χ2v) is 6.07. The maximum atomic E-state index is 12.3. The van der Waals surface area contributed by atoms with Crippen LogP contribution in [0, 0.1) is 5.92 Å². The number of amides is 1. The Morgan fingerprint density at radius 2 is 2.05 bits per heavy atom. The average Bonchev–Trinajstić information content (AvgIpc) is 2.45. The zero-order chi connectivity index (χ0) is 14.5. The van der Waals surface area contributed by atoms with E-state index in [4.69, 9.17) is 11.6 Å². The van der Waals surface area contributed by atoms with Gasteiger partial charge in [-0.25, -0.2) is 4.98 Å². The Hall–Kier alpha value is -1.13. The number of rotatable bonds is 4. The maximum absolute atomic E-state index is 12.3. The molecule has 1 saturated heterocycles. The Morgan fingerprint density at radius 3 is 2.65 bits per heavy atom. The van der Waals surface area contributed by atoms with Crippen molar-refractivity contribution in [1.29, 1.82) is 0 Å². The summed E-state index contributed by atoms with van der Waals surface area (Å²) in [6.45, 7) is 9.10. The van der Waals surface area contributed by atoms with Gasteiger partial charge in [0.1, 0.15) is 5.15 Å². The molecule has 0 spiro atoms. The van der Waals surface area contributed by atoms with E-state index in [-0.39, 0.29) is 5.91 Å². The van der Waals surface area contributed by atoms with Crippen LogP contribution in [0.3, 0.4) is 0 Å². The van der Waals surface area contributed by atoms with Crippen molar-refractivity contribution in [2.75, 3.05) is 32.7 Å². The summed E-state index contributed by atoms with van der Waals surface area (Å²) >= 11 is 5.83. The number of carbonyl (C=O) groups excluding carboxylic acids is 1. The van der Waals surface area contributed by atoms with Crippen LogP contribution in [0.1, 0.15) is 30.6 Å². The van der Waals surface area contributed by atoms with Crippen molar-refractivity contribution in [1.82, 2.24) is 14.8 Å². The van der Waals surface area contributed by atoms with Crippen LogP contribution in [0.4, 0.5) is 0 Å². The van der Waals surface area contributed by atoms with Crippen LogP contribution in [0.5, 0.6) is 0 Å². The monoisotopic (exact) mass is 295 g/mol. The van der Waals surface area contributed by atoms with E-state index in [1.165, 1.54) is 6.42 Å². The quantitative estimate of drug-likeness (QED) is 0.801. The van der Waals surface area contributed by atoms with Gasteiger partial charge in [-0.05, 0) is 31.0 Å². The summed E-state index contributed by atoms with van der Waals surface area (Å²) in [5.41, 5.74) is 0.626. The molecule has 0 radical (unpaired) electrons. The molecule has 20 heavy (non-hydrogen) atoms. The topological polar surface area (TPSA) is 36.4 Å². The molecule has 0 aromatic carbocycles. The molecule has 2 rings (SSSR count). The minimum Gasteiger partial charge on any atom is -0.336 e. The van der Waals surface area contributed by atoms with Crippen LogP contribution in [0.25, 0.3) is 0 Å². The summed E-state index contributed by atoms with van der Waals surface area (Å²) in [6.07, 6.45) is 2.79. The van der Waals surface area contributed by atoms with Gasteiger partial charge in [-0.1, -0.05) is 25.4 Å². The molecular weight excluding hydrogens is 274 g/mol. The molecule has 0 atom stereocenters. The van der Waals surface area contributed by atoms with Crippen molar-refractivity contribution in [3.63, 3.8) is 0 Å². The lowest BCUT2D eigenvalue weighted by Gasteiger charge is -2.35. The number of piperazine rings is 1. The van der Waals surface area contributed by atoms with Gasteiger partial charge in [0, 0.05) is 37.9 Å². The molecule has 0 saturated carbocycles. The summed E-state index contributed by atoms with van der Waals surface area (Å²) in [4.78, 5) is 20.6. The molecule has 1 fully saturated rings. The third-order valence-corrected chi connectivity index (χ3v) is 3.86. The molecule has 1 aliphatic heterocycles. The minimum atomic E-state index is 0.0535. The smallest absolute Gasteiger partial charge is 0.254 e. The molecule has 1 amide bonds. The maximum Gasteiger partial charge on any atom is 0.254 e. The van der Waals surface area contributed by atoms with Crippen molar-refractivity contribution in [2.45, 2.75) is 20.3 Å². The van der Waals surface area contributed by atoms with Crippen LogP contribution in [-0.4, -0.2) is 53.4 Å². The van der Waals surface area contributed by atoms with Crippen molar-refractivity contribution in [2.24, 2.45) is 5.92 Å². The van der Waals surface area contributed by atoms with E-state index in [9.17, 15) is 4.79 Å². The molecule has 5 heteroatoms. The zero-order valence-corrected chi connectivity index (χ0v) is 12.9. The number of pyridine rings is 1. The number of hydrogen-bond donors (Lipinski definition) is 0. The highest BCUT2D eigenvalue weighted by atomic mass is 35.5. The molecular formula is C15H22ClN3O. The second-order valence-electron chi connectivity index (χ2n) is 5.68. The first-order valence-electron chi connectivity index (χ1n) is 7.19. The van der Waals surface area contributed by atoms with Gasteiger partial charge in [-0.3, -0.25) is 9.69 Å². The van der Waals surface area contributed by atoms with Gasteiger partial charge in [0.05, 0.1) is 0 Å². The summed E-state index contributed by atoms with van der Waals surface area (Å²) in [6, 6.07) is 3.36. The average molecular weight is 296 g/mol. The standard InChI is InChI=1S/C15H22ClN3O/c1-12(2)4-6-18-7-9-19(10-8-18)15(20)13-3-5-17-14(16)11-13/h3,5,11-12H,4,6-10H2,1-2H3. The summed E-state index contributed by atoms with van der Waals surface area (Å²) in [5, 5.41) is 0.367. The lowest BCUT2D eigenvalue weighted by molar-refractivity contribution is 0.0631. The molecule has 110 valence electrons. The third-order valence-electron chi connectivity index (χ3n) is 3.66. The van der Waals surface area contributed by atoms with E-state index in [1.54, 1.807) is 18.3 Å². The van der Waals surface area contributed by atoms with Crippen molar-refractivity contribution in [3.05, 3.63) is 29.0 Å². The fourth-order valence-corrected chi connectivity index (χ4v) is 2.51. The van der Waals surface area contributed by atoms with Crippen molar-refractivity contribution >= 4 is 17.5 Å². The Balaban J connectivity index is 1.86. The molecule has 0 unspecified atom stereocenters. The van der Waals surface area contributed by atoms with Gasteiger partial charge in [-0.15, -0.1) is 0 Å². The molecule has 0 bridgehead atoms. The summed E-state index contributed by atoms with van der Waals surface area (Å²) in [7, 11) is 0. The van der Waals surface area contributed by atoms with Gasteiger partial charge in [0.2, 0.25) is 0 Å². The summed E-state index contributed by atoms with van der Waals surface area (Å²) < 4.78 is 0. The minimum absolute atomic E-state index is 0.0535. The first kappa shape index (κ1) is 15.3. The molecule has 0 aliphatic carbocycles. The van der Waals surface area contributed by atoms with Gasteiger partial charge in [-0.2, -0.15) is 0 Å². The highest BCUT2D eigenvalue weighted by Gasteiger charge is 2.22. The van der Waals surface area contributed by atoms with Crippen LogP contribution in [0.15, 0.2) is 18.3 Å². The number of nitrogens with zero attached hydrogens (tertiary/aromatic N) is 3. The van der Waals surface area contributed by atoms with Crippen LogP contribution < -0.4 is 0 Å². The Bertz CT molecular complexity index is 456. The lowest BCUT2D eigenvalue weighted by atomic mass is 10.1. The Morgan fingerprint density at radius 1 is 1.35 bits per heavy atom. The third kappa shape index (κ3) is 4.18. The van der Waals surface area contributed by atoms with E-state index in [0.29, 0.717) is 10.7 Å². The molecule has 4 nitrogen and oxygen atoms in total. The van der Waals surface area contributed by atoms with Gasteiger partial charge in [0.15, 0.2) is 0 Å². The highest BCUT2D eigenvalue weighted by Crippen LogP contribution is 2.12. The van der Waals surface area contributed by atoms with E-state index < -0.39 is 0 Å². The Labute approximate surface area is 125 Å². The van der Waals surface area contributed by atoms with Crippen LogP contribution in [-0.2, 0) is 0 Å². The molecule has 1 aliphatic rings. The molecule has 1 aromatic heterocycles. The van der Waals surface area contributed by atoms with Crippen molar-refractivity contribution < 1.29 is 4.79 Å². The van der Waals surface area contributed by atoms with E-state index in [1.807, 2.05) is 4.90 Å². The number of carbonyl (C=O) groups is 1. The van der Waals surface area contributed by atoms with Gasteiger partial charge < -0.3 is 4.90 Å².